The summed E-state index contributed by atoms with van der Waals surface area (Å²) in [5, 5.41) is 11.7. The molecule has 4 heteroatoms. The fraction of sp³-hybridized carbons (Fsp3) is 0.714. The largest absolute Gasteiger partial charge is 0.481 e. The van der Waals surface area contributed by atoms with Gasteiger partial charge in [-0.25, -0.2) is 0 Å². The molecule has 0 saturated heterocycles. The summed E-state index contributed by atoms with van der Waals surface area (Å²) in [6.07, 6.45) is 4.52. The molecule has 2 N–H and O–H groups in total. The van der Waals surface area contributed by atoms with Crippen LogP contribution in [0.15, 0.2) is 11.6 Å². The summed E-state index contributed by atoms with van der Waals surface area (Å²) in [7, 11) is 0. The van der Waals surface area contributed by atoms with Crippen molar-refractivity contribution in [1.29, 1.82) is 0 Å². The highest BCUT2D eigenvalue weighted by molar-refractivity contribution is 5.88. The Kier molecular flexibility index (Phi) is 5.38. The van der Waals surface area contributed by atoms with Crippen molar-refractivity contribution in [2.45, 2.75) is 40.0 Å². The van der Waals surface area contributed by atoms with Gasteiger partial charge in [0.15, 0.2) is 0 Å². The SMILES string of the molecule is CC(=CC(=O)NCC(CC(C)C)C(=O)O)C1CC1. The lowest BCUT2D eigenvalue weighted by Gasteiger charge is -2.14. The van der Waals surface area contributed by atoms with Gasteiger partial charge in [-0.15, -0.1) is 0 Å². The Labute approximate surface area is 108 Å². The monoisotopic (exact) mass is 253 g/mol. The lowest BCUT2D eigenvalue weighted by Crippen LogP contribution is -2.32. The van der Waals surface area contributed by atoms with Gasteiger partial charge < -0.3 is 10.4 Å². The van der Waals surface area contributed by atoms with Crippen LogP contribution in [0.25, 0.3) is 0 Å². The molecule has 0 radical (unpaired) electrons. The maximum Gasteiger partial charge on any atom is 0.308 e. The van der Waals surface area contributed by atoms with E-state index in [9.17, 15) is 9.59 Å². The van der Waals surface area contributed by atoms with Crippen LogP contribution in [0.4, 0.5) is 0 Å². The van der Waals surface area contributed by atoms with Crippen LogP contribution in [0.1, 0.15) is 40.0 Å². The highest BCUT2D eigenvalue weighted by Gasteiger charge is 2.24. The molecule has 1 aliphatic carbocycles. The molecule has 1 rings (SSSR count). The second-order valence-electron chi connectivity index (χ2n) is 5.57. The van der Waals surface area contributed by atoms with Crippen LogP contribution >= 0.6 is 0 Å². The van der Waals surface area contributed by atoms with Crippen molar-refractivity contribution in [1.82, 2.24) is 5.32 Å². The van der Waals surface area contributed by atoms with Gasteiger partial charge in [-0.3, -0.25) is 9.59 Å². The van der Waals surface area contributed by atoms with Crippen LogP contribution in [-0.2, 0) is 9.59 Å². The standard InChI is InChI=1S/C14H23NO3/c1-9(2)6-12(14(17)18)8-15-13(16)7-10(3)11-4-5-11/h7,9,11-12H,4-6,8H2,1-3H3,(H,15,16)(H,17,18). The van der Waals surface area contributed by atoms with Gasteiger partial charge in [-0.2, -0.15) is 0 Å². The van der Waals surface area contributed by atoms with Gasteiger partial charge in [-0.1, -0.05) is 19.4 Å². The van der Waals surface area contributed by atoms with E-state index >= 15 is 0 Å². The Morgan fingerprint density at radius 2 is 2.00 bits per heavy atom. The molecule has 0 bridgehead atoms. The minimum absolute atomic E-state index is 0.172. The molecule has 0 heterocycles. The summed E-state index contributed by atoms with van der Waals surface area (Å²) in [6, 6.07) is 0. The predicted octanol–water partition coefficient (Wildman–Crippen LogP) is 2.21. The van der Waals surface area contributed by atoms with E-state index in [4.69, 9.17) is 5.11 Å². The molecule has 4 nitrogen and oxygen atoms in total. The first-order valence-corrected chi connectivity index (χ1v) is 6.59. The number of carbonyl (C=O) groups is 2. The Morgan fingerprint density at radius 1 is 1.39 bits per heavy atom. The number of carbonyl (C=O) groups excluding carboxylic acids is 1. The predicted molar refractivity (Wildman–Crippen MR) is 70.1 cm³/mol. The number of nitrogens with one attached hydrogen (secondary N) is 1. The second-order valence-corrected chi connectivity index (χ2v) is 5.57. The van der Waals surface area contributed by atoms with Gasteiger partial charge in [0.25, 0.3) is 0 Å². The summed E-state index contributed by atoms with van der Waals surface area (Å²) in [6.45, 7) is 6.13. The van der Waals surface area contributed by atoms with Crippen molar-refractivity contribution in [3.05, 3.63) is 11.6 Å². The summed E-state index contributed by atoms with van der Waals surface area (Å²) >= 11 is 0. The van der Waals surface area contributed by atoms with Crippen LogP contribution in [0.5, 0.6) is 0 Å². The number of carboxylic acid groups (broad SMARTS) is 1. The number of carboxylic acids is 1. The topological polar surface area (TPSA) is 66.4 Å². The van der Waals surface area contributed by atoms with Crippen molar-refractivity contribution in [2.75, 3.05) is 6.54 Å². The average molecular weight is 253 g/mol. The van der Waals surface area contributed by atoms with Crippen molar-refractivity contribution >= 4 is 11.9 Å². The minimum atomic E-state index is -0.841. The van der Waals surface area contributed by atoms with Gasteiger partial charge in [0, 0.05) is 12.6 Å². The number of rotatable bonds is 7. The molecule has 0 aliphatic heterocycles. The van der Waals surface area contributed by atoms with E-state index < -0.39 is 11.9 Å². The molecule has 1 amide bonds. The van der Waals surface area contributed by atoms with Gasteiger partial charge in [0.05, 0.1) is 5.92 Å². The first-order valence-electron chi connectivity index (χ1n) is 6.59. The van der Waals surface area contributed by atoms with Crippen LogP contribution in [0.3, 0.4) is 0 Å². The molecule has 102 valence electrons. The van der Waals surface area contributed by atoms with Gasteiger partial charge in [0.2, 0.25) is 5.91 Å². The molecule has 0 aromatic heterocycles. The van der Waals surface area contributed by atoms with E-state index in [0.717, 1.165) is 5.57 Å². The van der Waals surface area contributed by atoms with E-state index in [2.05, 4.69) is 5.32 Å². The smallest absolute Gasteiger partial charge is 0.308 e. The molecule has 0 spiro atoms. The Balaban J connectivity index is 2.39. The van der Waals surface area contributed by atoms with E-state index in [0.29, 0.717) is 18.3 Å². The molecular weight excluding hydrogens is 230 g/mol. The average Bonchev–Trinajstić information content (AvgIpc) is 3.06. The summed E-state index contributed by atoms with van der Waals surface area (Å²) in [5.74, 6) is -0.627. The second kappa shape index (κ2) is 6.57. The molecule has 1 aliphatic rings. The van der Waals surface area contributed by atoms with Crippen molar-refractivity contribution in [2.24, 2.45) is 17.8 Å². The first-order chi connectivity index (χ1) is 8.40. The van der Waals surface area contributed by atoms with E-state index in [1.807, 2.05) is 20.8 Å². The Hall–Kier alpha value is -1.32. The molecule has 1 atom stereocenters. The Morgan fingerprint density at radius 3 is 2.44 bits per heavy atom. The van der Waals surface area contributed by atoms with Crippen molar-refractivity contribution in [3.8, 4) is 0 Å². The zero-order valence-corrected chi connectivity index (χ0v) is 11.4. The van der Waals surface area contributed by atoms with Crippen molar-refractivity contribution < 1.29 is 14.7 Å². The third-order valence-electron chi connectivity index (χ3n) is 3.21. The van der Waals surface area contributed by atoms with E-state index in [1.54, 1.807) is 6.08 Å². The molecule has 0 aromatic rings. The fourth-order valence-corrected chi connectivity index (χ4v) is 1.98. The maximum atomic E-state index is 11.6. The molecular formula is C14H23NO3. The van der Waals surface area contributed by atoms with Crippen molar-refractivity contribution in [3.63, 3.8) is 0 Å². The number of aliphatic carboxylic acids is 1. The van der Waals surface area contributed by atoms with Gasteiger partial charge in [0.1, 0.15) is 0 Å². The minimum Gasteiger partial charge on any atom is -0.481 e. The lowest BCUT2D eigenvalue weighted by atomic mass is 9.97. The number of allylic oxidation sites excluding steroid dienone is 1. The van der Waals surface area contributed by atoms with Crippen LogP contribution in [-0.4, -0.2) is 23.5 Å². The molecule has 1 saturated carbocycles. The van der Waals surface area contributed by atoms with Crippen LogP contribution < -0.4 is 5.32 Å². The van der Waals surface area contributed by atoms with Crippen LogP contribution in [0.2, 0.25) is 0 Å². The van der Waals surface area contributed by atoms with Crippen LogP contribution in [0, 0.1) is 17.8 Å². The lowest BCUT2D eigenvalue weighted by molar-refractivity contribution is -0.142. The summed E-state index contributed by atoms with van der Waals surface area (Å²) in [5.41, 5.74) is 1.10. The molecule has 0 aromatic carbocycles. The number of amides is 1. The van der Waals surface area contributed by atoms with E-state index in [1.165, 1.54) is 12.8 Å². The number of hydrogen-bond acceptors (Lipinski definition) is 2. The highest BCUT2D eigenvalue weighted by atomic mass is 16.4. The number of hydrogen-bond donors (Lipinski definition) is 2. The normalized spacial score (nSPS) is 17.7. The maximum absolute atomic E-state index is 11.6. The zero-order chi connectivity index (χ0) is 13.7. The fourth-order valence-electron chi connectivity index (χ4n) is 1.98. The summed E-state index contributed by atoms with van der Waals surface area (Å²) < 4.78 is 0. The zero-order valence-electron chi connectivity index (χ0n) is 11.4. The van der Waals surface area contributed by atoms with Gasteiger partial charge >= 0.3 is 5.97 Å². The summed E-state index contributed by atoms with van der Waals surface area (Å²) in [4.78, 5) is 22.6. The van der Waals surface area contributed by atoms with Gasteiger partial charge in [-0.05, 0) is 38.0 Å². The first kappa shape index (κ1) is 14.7. The molecule has 1 unspecified atom stereocenters. The third-order valence-corrected chi connectivity index (χ3v) is 3.21. The van der Waals surface area contributed by atoms with E-state index in [-0.39, 0.29) is 12.5 Å². The third kappa shape index (κ3) is 5.34. The highest BCUT2D eigenvalue weighted by Crippen LogP contribution is 2.35. The quantitative estimate of drug-likeness (QED) is 0.684. The molecule has 18 heavy (non-hydrogen) atoms. The Bertz CT molecular complexity index is 343. The molecule has 1 fully saturated rings.